The van der Waals surface area contributed by atoms with Gasteiger partial charge in [0.05, 0.1) is 7.11 Å². The largest absolute Gasteiger partial charge is 0.497 e. The van der Waals surface area contributed by atoms with E-state index in [2.05, 4.69) is 13.8 Å². The number of hydrogen-bond acceptors (Lipinski definition) is 3. The Bertz CT molecular complexity index is 880. The molecule has 3 rings (SSSR count). The van der Waals surface area contributed by atoms with Crippen molar-refractivity contribution in [3.8, 4) is 5.75 Å². The van der Waals surface area contributed by atoms with Crippen molar-refractivity contribution in [2.45, 2.75) is 59.2 Å². The molecule has 0 atom stereocenters. The van der Waals surface area contributed by atoms with Crippen molar-refractivity contribution in [1.82, 2.24) is 9.47 Å². The molecule has 1 saturated carbocycles. The summed E-state index contributed by atoms with van der Waals surface area (Å²) in [5.41, 5.74) is 1.92. The highest BCUT2D eigenvalue weighted by molar-refractivity contribution is 5.95. The van der Waals surface area contributed by atoms with Crippen LogP contribution in [0, 0.1) is 12.8 Å². The van der Waals surface area contributed by atoms with Gasteiger partial charge >= 0.3 is 0 Å². The Labute approximate surface area is 166 Å². The maximum Gasteiger partial charge on any atom is 0.263 e. The van der Waals surface area contributed by atoms with Crippen molar-refractivity contribution >= 4 is 5.91 Å². The zero-order valence-corrected chi connectivity index (χ0v) is 17.3. The second-order valence-corrected chi connectivity index (χ2v) is 8.07. The molecule has 0 spiro atoms. The summed E-state index contributed by atoms with van der Waals surface area (Å²) < 4.78 is 6.89. The van der Waals surface area contributed by atoms with Crippen LogP contribution in [0.2, 0.25) is 0 Å². The molecule has 150 valence electrons. The molecule has 1 amide bonds. The Kier molecular flexibility index (Phi) is 6.22. The fourth-order valence-corrected chi connectivity index (χ4v) is 3.32. The van der Waals surface area contributed by atoms with Gasteiger partial charge in [0.25, 0.3) is 11.5 Å². The lowest BCUT2D eigenvalue weighted by Crippen LogP contribution is -2.38. The van der Waals surface area contributed by atoms with Gasteiger partial charge in [-0.15, -0.1) is 0 Å². The molecule has 1 fully saturated rings. The Hall–Kier alpha value is -2.56. The molecule has 1 aromatic heterocycles. The lowest BCUT2D eigenvalue weighted by Gasteiger charge is -2.24. The molecule has 5 heteroatoms. The summed E-state index contributed by atoms with van der Waals surface area (Å²) in [6.45, 7) is 7.26. The average Bonchev–Trinajstić information content (AvgIpc) is 3.50. The quantitative estimate of drug-likeness (QED) is 0.693. The topological polar surface area (TPSA) is 51.5 Å². The number of pyridine rings is 1. The first-order chi connectivity index (χ1) is 13.4. The molecule has 1 aliphatic rings. The highest BCUT2D eigenvalue weighted by Crippen LogP contribution is 2.30. The summed E-state index contributed by atoms with van der Waals surface area (Å²) in [6.07, 6.45) is 4.71. The lowest BCUT2D eigenvalue weighted by molar-refractivity contribution is 0.0726. The van der Waals surface area contributed by atoms with Crippen molar-refractivity contribution in [2.24, 2.45) is 5.92 Å². The number of methoxy groups -OCH3 is 1. The van der Waals surface area contributed by atoms with E-state index in [4.69, 9.17) is 4.74 Å². The fourth-order valence-electron chi connectivity index (χ4n) is 3.32. The number of benzene rings is 1. The number of aromatic nitrogens is 1. The van der Waals surface area contributed by atoms with E-state index in [0.717, 1.165) is 36.1 Å². The second-order valence-electron chi connectivity index (χ2n) is 8.07. The summed E-state index contributed by atoms with van der Waals surface area (Å²) in [7, 11) is 1.64. The van der Waals surface area contributed by atoms with E-state index in [1.54, 1.807) is 11.7 Å². The van der Waals surface area contributed by atoms with Crippen LogP contribution in [-0.4, -0.2) is 28.5 Å². The summed E-state index contributed by atoms with van der Waals surface area (Å²) in [5, 5.41) is 0. The van der Waals surface area contributed by atoms with Crippen LogP contribution in [0.25, 0.3) is 0 Å². The van der Waals surface area contributed by atoms with Gasteiger partial charge in [0.1, 0.15) is 11.3 Å². The van der Waals surface area contributed by atoms with E-state index < -0.39 is 0 Å². The average molecular weight is 383 g/mol. The van der Waals surface area contributed by atoms with Crippen molar-refractivity contribution in [2.75, 3.05) is 7.11 Å². The molecule has 0 saturated heterocycles. The zero-order chi connectivity index (χ0) is 20.3. The van der Waals surface area contributed by atoms with Gasteiger partial charge in [-0.05, 0) is 61.4 Å². The molecular formula is C23H30N2O3. The van der Waals surface area contributed by atoms with Gasteiger partial charge < -0.3 is 14.2 Å². The van der Waals surface area contributed by atoms with Crippen LogP contribution in [0.4, 0.5) is 0 Å². The van der Waals surface area contributed by atoms with Gasteiger partial charge in [-0.3, -0.25) is 9.59 Å². The summed E-state index contributed by atoms with van der Waals surface area (Å²) in [5.74, 6) is 1.14. The van der Waals surface area contributed by atoms with E-state index in [9.17, 15) is 9.59 Å². The zero-order valence-electron chi connectivity index (χ0n) is 17.3. The summed E-state index contributed by atoms with van der Waals surface area (Å²) in [4.78, 5) is 28.3. The van der Waals surface area contributed by atoms with Gasteiger partial charge in [-0.25, -0.2) is 0 Å². The predicted molar refractivity (Wildman–Crippen MR) is 111 cm³/mol. The van der Waals surface area contributed by atoms with Gasteiger partial charge in [0, 0.05) is 25.3 Å². The van der Waals surface area contributed by atoms with E-state index in [0.29, 0.717) is 24.6 Å². The maximum absolute atomic E-state index is 13.4. The summed E-state index contributed by atoms with van der Waals surface area (Å²) in [6, 6.07) is 9.85. The Balaban J connectivity index is 1.87. The van der Waals surface area contributed by atoms with E-state index in [1.165, 1.54) is 0 Å². The van der Waals surface area contributed by atoms with Crippen molar-refractivity contribution < 1.29 is 9.53 Å². The third-order valence-electron chi connectivity index (χ3n) is 5.30. The number of ether oxygens (including phenoxy) is 1. The van der Waals surface area contributed by atoms with E-state index in [1.807, 2.05) is 48.4 Å². The van der Waals surface area contributed by atoms with Crippen LogP contribution >= 0.6 is 0 Å². The molecular weight excluding hydrogens is 352 g/mol. The number of nitrogens with zero attached hydrogens (tertiary/aromatic N) is 2. The Morgan fingerprint density at radius 2 is 1.89 bits per heavy atom. The van der Waals surface area contributed by atoms with Crippen LogP contribution in [0.3, 0.4) is 0 Å². The molecule has 0 unspecified atom stereocenters. The number of carbonyl (C=O) groups is 1. The van der Waals surface area contributed by atoms with Gasteiger partial charge in [-0.1, -0.05) is 26.0 Å². The normalized spacial score (nSPS) is 13.6. The van der Waals surface area contributed by atoms with E-state index in [-0.39, 0.29) is 17.5 Å². The van der Waals surface area contributed by atoms with Gasteiger partial charge in [0.15, 0.2) is 0 Å². The summed E-state index contributed by atoms with van der Waals surface area (Å²) >= 11 is 0. The minimum absolute atomic E-state index is 0.153. The molecule has 1 aliphatic carbocycles. The minimum atomic E-state index is -0.175. The van der Waals surface area contributed by atoms with Crippen molar-refractivity contribution in [1.29, 1.82) is 0 Å². The van der Waals surface area contributed by atoms with Crippen LogP contribution in [-0.2, 0) is 13.1 Å². The number of rotatable bonds is 8. The molecule has 0 N–H and O–H groups in total. The molecule has 28 heavy (non-hydrogen) atoms. The third kappa shape index (κ3) is 4.64. The van der Waals surface area contributed by atoms with Crippen molar-refractivity contribution in [3.63, 3.8) is 0 Å². The molecule has 5 nitrogen and oxygen atoms in total. The highest BCUT2D eigenvalue weighted by atomic mass is 16.5. The smallest absolute Gasteiger partial charge is 0.263 e. The first-order valence-corrected chi connectivity index (χ1v) is 10.0. The molecule has 0 aliphatic heterocycles. The number of aryl methyl sites for hydroxylation is 2. The fraction of sp³-hybridized carbons (Fsp3) is 0.478. The number of hydrogen-bond donors (Lipinski definition) is 0. The molecule has 2 aromatic rings. The first-order valence-electron chi connectivity index (χ1n) is 10.0. The molecule has 0 radical (unpaired) electrons. The predicted octanol–water partition coefficient (Wildman–Crippen LogP) is 4.02. The first kappa shape index (κ1) is 20.2. The SMILES string of the molecule is COc1ccc(CN(C(=O)c2c(C)ccn(CCC(C)C)c2=O)C2CC2)cc1. The lowest BCUT2D eigenvalue weighted by atomic mass is 10.1. The molecule has 1 aromatic carbocycles. The van der Waals surface area contributed by atoms with Gasteiger partial charge in [0.2, 0.25) is 0 Å². The standard InChI is InChI=1S/C23H30N2O3/c1-16(2)11-13-24-14-12-17(3)21(22(24)26)23(27)25(19-7-8-19)15-18-5-9-20(28-4)10-6-18/h5-6,9-10,12,14,16,19H,7-8,11,13,15H2,1-4H3. The third-order valence-corrected chi connectivity index (χ3v) is 5.30. The molecule has 0 bridgehead atoms. The van der Waals surface area contributed by atoms with Crippen LogP contribution in [0.5, 0.6) is 5.75 Å². The van der Waals surface area contributed by atoms with Crippen LogP contribution in [0.1, 0.15) is 54.6 Å². The second kappa shape index (κ2) is 8.63. The van der Waals surface area contributed by atoms with Crippen LogP contribution in [0.15, 0.2) is 41.3 Å². The maximum atomic E-state index is 13.4. The van der Waals surface area contributed by atoms with Gasteiger partial charge in [-0.2, -0.15) is 0 Å². The Morgan fingerprint density at radius 3 is 2.46 bits per heavy atom. The minimum Gasteiger partial charge on any atom is -0.497 e. The number of carbonyl (C=O) groups excluding carboxylic acids is 1. The van der Waals surface area contributed by atoms with E-state index >= 15 is 0 Å². The Morgan fingerprint density at radius 1 is 1.21 bits per heavy atom. The highest BCUT2D eigenvalue weighted by Gasteiger charge is 2.34. The van der Waals surface area contributed by atoms with Crippen LogP contribution < -0.4 is 10.3 Å². The number of amides is 1. The van der Waals surface area contributed by atoms with Crippen molar-refractivity contribution in [3.05, 3.63) is 63.6 Å². The molecule has 1 heterocycles. The monoisotopic (exact) mass is 382 g/mol.